The van der Waals surface area contributed by atoms with Crippen molar-refractivity contribution in [1.29, 1.82) is 0 Å². The minimum atomic E-state index is -0.572. The van der Waals surface area contributed by atoms with E-state index in [1.54, 1.807) is 36.2 Å². The molecule has 2 aromatic carbocycles. The van der Waals surface area contributed by atoms with Crippen LogP contribution in [0.15, 0.2) is 59.8 Å². The van der Waals surface area contributed by atoms with Crippen LogP contribution in [-0.2, 0) is 4.79 Å². The Balaban J connectivity index is 1.78. The van der Waals surface area contributed by atoms with Crippen LogP contribution in [0.1, 0.15) is 11.6 Å². The lowest BCUT2D eigenvalue weighted by Gasteiger charge is -2.31. The smallest absolute Gasteiger partial charge is 0.322 e. The molecule has 0 fully saturated rings. The molecule has 1 unspecified atom stereocenters. The van der Waals surface area contributed by atoms with Crippen LogP contribution in [0.3, 0.4) is 0 Å². The normalized spacial score (nSPS) is 19.7. The Kier molecular flexibility index (Phi) is 3.57. The van der Waals surface area contributed by atoms with Crippen molar-refractivity contribution in [3.63, 3.8) is 0 Å². The first-order chi connectivity index (χ1) is 12.5. The number of nitrogens with two attached hydrogens (primary N) is 1. The van der Waals surface area contributed by atoms with Crippen molar-refractivity contribution in [2.75, 3.05) is 24.2 Å². The van der Waals surface area contributed by atoms with E-state index in [2.05, 4.69) is 5.32 Å². The molecule has 132 valence electrons. The molecule has 0 aliphatic carbocycles. The number of carbonyl (C=O) groups excluding carboxylic acids is 2. The lowest BCUT2D eigenvalue weighted by Crippen LogP contribution is -2.45. The van der Waals surface area contributed by atoms with Gasteiger partial charge in [0.15, 0.2) is 0 Å². The molecule has 0 radical (unpaired) electrons. The number of phenolic OH excluding ortho intramolecular Hbond substituents is 1. The number of nitrogens with zero attached hydrogens (tertiary/aromatic N) is 2. The topological polar surface area (TPSA) is 98.9 Å². The highest BCUT2D eigenvalue weighted by Crippen LogP contribution is 2.39. The summed E-state index contributed by atoms with van der Waals surface area (Å²) < 4.78 is 0. The molecule has 0 bridgehead atoms. The van der Waals surface area contributed by atoms with Gasteiger partial charge in [0.1, 0.15) is 5.75 Å². The number of nitrogen functional groups attached to an aromatic ring is 1. The van der Waals surface area contributed by atoms with Gasteiger partial charge >= 0.3 is 6.03 Å². The van der Waals surface area contributed by atoms with Crippen LogP contribution in [-0.4, -0.2) is 35.5 Å². The van der Waals surface area contributed by atoms with E-state index in [0.717, 1.165) is 5.56 Å². The summed E-state index contributed by atoms with van der Waals surface area (Å²) in [6.07, 6.45) is 0. The average Bonchev–Trinajstić information content (AvgIpc) is 2.97. The lowest BCUT2D eigenvalue weighted by molar-refractivity contribution is -0.114. The number of rotatable bonds is 2. The average molecular weight is 350 g/mol. The number of benzene rings is 2. The van der Waals surface area contributed by atoms with Crippen molar-refractivity contribution in [2.45, 2.75) is 6.04 Å². The van der Waals surface area contributed by atoms with Crippen molar-refractivity contribution in [1.82, 2.24) is 10.2 Å². The number of para-hydroxylation sites is 2. The second kappa shape index (κ2) is 5.80. The van der Waals surface area contributed by atoms with Crippen molar-refractivity contribution >= 4 is 23.3 Å². The van der Waals surface area contributed by atoms with Crippen molar-refractivity contribution in [3.05, 3.63) is 65.4 Å². The van der Waals surface area contributed by atoms with Crippen molar-refractivity contribution < 1.29 is 14.7 Å². The first-order valence-corrected chi connectivity index (χ1v) is 8.20. The Morgan fingerprint density at radius 1 is 1.12 bits per heavy atom. The van der Waals surface area contributed by atoms with E-state index in [1.807, 2.05) is 12.1 Å². The van der Waals surface area contributed by atoms with E-state index in [-0.39, 0.29) is 24.2 Å². The Morgan fingerprint density at radius 2 is 1.81 bits per heavy atom. The fourth-order valence-corrected chi connectivity index (χ4v) is 3.41. The summed E-state index contributed by atoms with van der Waals surface area (Å²) in [4.78, 5) is 28.6. The summed E-state index contributed by atoms with van der Waals surface area (Å²) in [7, 11) is 1.64. The number of nitrogens with one attached hydrogen (secondary N) is 1. The van der Waals surface area contributed by atoms with Gasteiger partial charge in [0, 0.05) is 7.05 Å². The molecule has 26 heavy (non-hydrogen) atoms. The minimum absolute atomic E-state index is 0.124. The van der Waals surface area contributed by atoms with Crippen LogP contribution in [0.25, 0.3) is 0 Å². The van der Waals surface area contributed by atoms with Gasteiger partial charge in [0.2, 0.25) is 0 Å². The third-order valence-corrected chi connectivity index (χ3v) is 4.81. The molecule has 7 nitrogen and oxygen atoms in total. The van der Waals surface area contributed by atoms with Gasteiger partial charge in [-0.15, -0.1) is 0 Å². The number of likely N-dealkylation sites (N-methyl/N-ethyl adjacent to an activating group) is 1. The maximum atomic E-state index is 13.2. The second-order valence-electron chi connectivity index (χ2n) is 6.34. The van der Waals surface area contributed by atoms with E-state index in [0.29, 0.717) is 22.6 Å². The zero-order valence-corrected chi connectivity index (χ0v) is 14.1. The Labute approximate surface area is 150 Å². The predicted molar refractivity (Wildman–Crippen MR) is 97.4 cm³/mol. The summed E-state index contributed by atoms with van der Waals surface area (Å²) in [5.74, 6) is -0.0681. The first kappa shape index (κ1) is 16.0. The molecular formula is C19H18N4O3. The third kappa shape index (κ3) is 2.36. The van der Waals surface area contributed by atoms with Crippen LogP contribution in [0, 0.1) is 0 Å². The number of urea groups is 1. The highest BCUT2D eigenvalue weighted by molar-refractivity contribution is 6.12. The Bertz CT molecular complexity index is 936. The summed E-state index contributed by atoms with van der Waals surface area (Å²) in [6, 6.07) is 12.8. The molecule has 0 spiro atoms. The zero-order valence-electron chi connectivity index (χ0n) is 14.1. The van der Waals surface area contributed by atoms with E-state index < -0.39 is 6.04 Å². The molecule has 2 aliphatic rings. The lowest BCUT2D eigenvalue weighted by atomic mass is 9.95. The standard InChI is InChI=1S/C19H18N4O3/c1-22-15-10-23(14-5-3-2-4-13(14)20)18(25)16(15)17(21-19(22)26)11-6-8-12(24)9-7-11/h2-9,17,24H,10,20H2,1H3,(H,21,26). The largest absolute Gasteiger partial charge is 0.508 e. The van der Waals surface area contributed by atoms with E-state index in [1.165, 1.54) is 17.0 Å². The molecule has 3 amide bonds. The molecule has 4 rings (SSSR count). The van der Waals surface area contributed by atoms with Crippen LogP contribution < -0.4 is 16.0 Å². The summed E-state index contributed by atoms with van der Waals surface area (Å²) in [5, 5.41) is 12.4. The highest BCUT2D eigenvalue weighted by Gasteiger charge is 2.43. The maximum absolute atomic E-state index is 13.2. The van der Waals surface area contributed by atoms with Gasteiger partial charge in [-0.2, -0.15) is 0 Å². The number of carbonyl (C=O) groups is 2. The summed E-state index contributed by atoms with van der Waals surface area (Å²) >= 11 is 0. The molecule has 4 N–H and O–H groups in total. The van der Waals surface area contributed by atoms with Gasteiger partial charge in [-0.25, -0.2) is 4.79 Å². The van der Waals surface area contributed by atoms with Crippen LogP contribution >= 0.6 is 0 Å². The number of anilines is 2. The van der Waals surface area contributed by atoms with Crippen molar-refractivity contribution in [2.24, 2.45) is 0 Å². The number of amides is 3. The monoisotopic (exact) mass is 350 g/mol. The number of phenols is 1. The quantitative estimate of drug-likeness (QED) is 0.721. The molecule has 2 heterocycles. The van der Waals surface area contributed by atoms with Crippen molar-refractivity contribution in [3.8, 4) is 5.75 Å². The van der Waals surface area contributed by atoms with Gasteiger partial charge in [-0.1, -0.05) is 24.3 Å². The van der Waals surface area contributed by atoms with Gasteiger partial charge in [-0.3, -0.25) is 9.69 Å². The molecule has 0 aromatic heterocycles. The minimum Gasteiger partial charge on any atom is -0.508 e. The maximum Gasteiger partial charge on any atom is 0.322 e. The molecule has 1 atom stereocenters. The van der Waals surface area contributed by atoms with Crippen LogP contribution in [0.4, 0.5) is 16.2 Å². The van der Waals surface area contributed by atoms with Gasteiger partial charge in [-0.05, 0) is 29.8 Å². The Morgan fingerprint density at radius 3 is 2.50 bits per heavy atom. The third-order valence-electron chi connectivity index (χ3n) is 4.81. The fraction of sp³-hybridized carbons (Fsp3) is 0.158. The second-order valence-corrected chi connectivity index (χ2v) is 6.34. The number of hydrogen-bond donors (Lipinski definition) is 3. The van der Waals surface area contributed by atoms with E-state index >= 15 is 0 Å². The number of aromatic hydroxyl groups is 1. The highest BCUT2D eigenvalue weighted by atomic mass is 16.3. The molecule has 0 saturated heterocycles. The Hall–Kier alpha value is -3.48. The summed E-state index contributed by atoms with van der Waals surface area (Å²) in [5.41, 5.74) is 9.06. The fourth-order valence-electron chi connectivity index (χ4n) is 3.41. The van der Waals surface area contributed by atoms with Crippen LogP contribution in [0.2, 0.25) is 0 Å². The molecule has 0 saturated carbocycles. The molecular weight excluding hydrogens is 332 g/mol. The predicted octanol–water partition coefficient (Wildman–Crippen LogP) is 1.97. The summed E-state index contributed by atoms with van der Waals surface area (Å²) in [6.45, 7) is 0.279. The first-order valence-electron chi connectivity index (χ1n) is 8.20. The SMILES string of the molecule is CN1C(=O)NC(c2ccc(O)cc2)C2=C1CN(c1ccccc1N)C2=O. The van der Waals surface area contributed by atoms with Gasteiger partial charge in [0.05, 0.1) is 35.2 Å². The van der Waals surface area contributed by atoms with E-state index in [4.69, 9.17) is 5.73 Å². The van der Waals surface area contributed by atoms with E-state index in [9.17, 15) is 14.7 Å². The van der Waals surface area contributed by atoms with Gasteiger partial charge < -0.3 is 21.1 Å². The molecule has 7 heteroatoms. The molecule has 2 aromatic rings. The van der Waals surface area contributed by atoms with Crippen LogP contribution in [0.5, 0.6) is 5.75 Å². The zero-order chi connectivity index (χ0) is 18.4. The number of hydrogen-bond acceptors (Lipinski definition) is 4. The van der Waals surface area contributed by atoms with Gasteiger partial charge in [0.25, 0.3) is 5.91 Å². The molecule has 2 aliphatic heterocycles.